The second kappa shape index (κ2) is 8.38. The van der Waals surface area contributed by atoms with Crippen molar-refractivity contribution in [3.63, 3.8) is 0 Å². The number of pyridine rings is 1. The Balaban J connectivity index is 1.29. The highest BCUT2D eigenvalue weighted by Crippen LogP contribution is 2.36. The van der Waals surface area contributed by atoms with Crippen molar-refractivity contribution in [1.29, 1.82) is 0 Å². The number of hydrogen-bond acceptors (Lipinski definition) is 6. The van der Waals surface area contributed by atoms with Crippen molar-refractivity contribution in [3.05, 3.63) is 30.1 Å². The second-order valence-corrected chi connectivity index (χ2v) is 8.34. The van der Waals surface area contributed by atoms with Crippen molar-refractivity contribution < 1.29 is 24.5 Å². The van der Waals surface area contributed by atoms with Gasteiger partial charge in [0.2, 0.25) is 5.91 Å². The van der Waals surface area contributed by atoms with E-state index in [-0.39, 0.29) is 17.7 Å². The van der Waals surface area contributed by atoms with Crippen LogP contribution in [0.2, 0.25) is 0 Å². The summed E-state index contributed by atoms with van der Waals surface area (Å²) in [6.07, 6.45) is 4.42. The van der Waals surface area contributed by atoms with E-state index in [1.807, 2.05) is 4.90 Å². The molecule has 4 heterocycles. The van der Waals surface area contributed by atoms with Gasteiger partial charge in [0, 0.05) is 50.1 Å². The first kappa shape index (κ1) is 20.3. The molecule has 0 aliphatic carbocycles. The summed E-state index contributed by atoms with van der Waals surface area (Å²) in [5, 5.41) is 20.4. The predicted octanol–water partition coefficient (Wildman–Crippen LogP) is 0.437. The third-order valence-corrected chi connectivity index (χ3v) is 6.69. The van der Waals surface area contributed by atoms with Crippen LogP contribution in [0.5, 0.6) is 0 Å². The molecule has 3 saturated heterocycles. The number of nitrogens with zero attached hydrogens (tertiary/aromatic N) is 3. The average molecular weight is 403 g/mol. The first-order valence-electron chi connectivity index (χ1n) is 10.5. The van der Waals surface area contributed by atoms with Gasteiger partial charge in [0.05, 0.1) is 18.3 Å². The molecule has 3 aliphatic heterocycles. The van der Waals surface area contributed by atoms with E-state index in [4.69, 9.17) is 4.74 Å². The minimum absolute atomic E-state index is 0.0137. The topological polar surface area (TPSA) is 103 Å². The highest BCUT2D eigenvalue weighted by atomic mass is 16.5. The molecule has 29 heavy (non-hydrogen) atoms. The van der Waals surface area contributed by atoms with Gasteiger partial charge in [-0.15, -0.1) is 0 Å². The van der Waals surface area contributed by atoms with Crippen LogP contribution in [0.15, 0.2) is 24.5 Å². The number of ether oxygens (including phenoxy) is 1. The van der Waals surface area contributed by atoms with Crippen LogP contribution in [-0.4, -0.2) is 87.4 Å². The van der Waals surface area contributed by atoms with Gasteiger partial charge in [-0.3, -0.25) is 14.6 Å². The van der Waals surface area contributed by atoms with Crippen LogP contribution in [0.4, 0.5) is 0 Å². The van der Waals surface area contributed by atoms with Crippen LogP contribution in [0.25, 0.3) is 0 Å². The largest absolute Gasteiger partial charge is 0.390 e. The zero-order valence-electron chi connectivity index (χ0n) is 16.6. The molecule has 0 unspecified atom stereocenters. The molecule has 1 aromatic heterocycles. The number of carbonyl (C=O) groups excluding carboxylic acids is 2. The molecule has 8 heteroatoms. The lowest BCUT2D eigenvalue weighted by atomic mass is 9.80. The number of aliphatic hydroxyl groups is 2. The van der Waals surface area contributed by atoms with Crippen LogP contribution in [0, 0.1) is 5.92 Å². The summed E-state index contributed by atoms with van der Waals surface area (Å²) in [6, 6.07) is 3.42. The minimum atomic E-state index is -0.893. The molecule has 0 saturated carbocycles. The van der Waals surface area contributed by atoms with Gasteiger partial charge in [0.25, 0.3) is 5.91 Å². The fraction of sp³-hybridized carbons (Fsp3) is 0.667. The Morgan fingerprint density at radius 2 is 1.66 bits per heavy atom. The Bertz CT molecular complexity index is 727. The van der Waals surface area contributed by atoms with Gasteiger partial charge in [0.1, 0.15) is 6.10 Å². The molecule has 0 aromatic carbocycles. The van der Waals surface area contributed by atoms with E-state index in [2.05, 4.69) is 4.98 Å². The first-order chi connectivity index (χ1) is 14.0. The van der Waals surface area contributed by atoms with Crippen molar-refractivity contribution in [3.8, 4) is 0 Å². The lowest BCUT2D eigenvalue weighted by Crippen LogP contribution is -2.60. The van der Waals surface area contributed by atoms with Crippen molar-refractivity contribution in [1.82, 2.24) is 14.8 Å². The van der Waals surface area contributed by atoms with Crippen molar-refractivity contribution in [2.45, 2.75) is 49.9 Å². The lowest BCUT2D eigenvalue weighted by Gasteiger charge is -2.48. The number of hydrogen-bond donors (Lipinski definition) is 2. The molecule has 3 aliphatic rings. The minimum Gasteiger partial charge on any atom is -0.390 e. The number of carbonyl (C=O) groups is 2. The van der Waals surface area contributed by atoms with E-state index >= 15 is 0 Å². The van der Waals surface area contributed by atoms with E-state index < -0.39 is 17.8 Å². The highest BCUT2D eigenvalue weighted by Gasteiger charge is 2.48. The molecule has 2 amide bonds. The SMILES string of the molecule is O=C(c1ccncc1)N1CCC(C(=O)N2CCC3(CC2)OCC[C@H](O)[C@@H]3O)CC1. The molecule has 2 atom stereocenters. The Morgan fingerprint density at radius 1 is 1.00 bits per heavy atom. The number of piperidine rings is 2. The van der Waals surface area contributed by atoms with E-state index in [1.54, 1.807) is 29.4 Å². The summed E-state index contributed by atoms with van der Waals surface area (Å²) in [6.45, 7) is 2.64. The van der Waals surface area contributed by atoms with E-state index in [0.29, 0.717) is 70.5 Å². The van der Waals surface area contributed by atoms with Gasteiger partial charge in [0.15, 0.2) is 0 Å². The molecule has 158 valence electrons. The summed E-state index contributed by atoms with van der Waals surface area (Å²) in [7, 11) is 0. The predicted molar refractivity (Wildman–Crippen MR) is 104 cm³/mol. The quantitative estimate of drug-likeness (QED) is 0.743. The maximum absolute atomic E-state index is 13.0. The maximum atomic E-state index is 13.0. The number of aliphatic hydroxyl groups excluding tert-OH is 2. The molecule has 0 radical (unpaired) electrons. The van der Waals surface area contributed by atoms with Crippen molar-refractivity contribution in [2.24, 2.45) is 5.92 Å². The Hall–Kier alpha value is -2.03. The fourth-order valence-electron chi connectivity index (χ4n) is 4.79. The number of aromatic nitrogens is 1. The first-order valence-corrected chi connectivity index (χ1v) is 10.5. The Morgan fingerprint density at radius 3 is 2.31 bits per heavy atom. The molecule has 3 fully saturated rings. The lowest BCUT2D eigenvalue weighted by molar-refractivity contribution is -0.214. The zero-order chi connectivity index (χ0) is 20.4. The van der Waals surface area contributed by atoms with Crippen LogP contribution in [0.3, 0.4) is 0 Å². The average Bonchev–Trinajstić information content (AvgIpc) is 2.78. The fourth-order valence-corrected chi connectivity index (χ4v) is 4.79. The van der Waals surface area contributed by atoms with E-state index in [9.17, 15) is 19.8 Å². The second-order valence-electron chi connectivity index (χ2n) is 8.34. The Labute approximate surface area is 170 Å². The molecule has 1 aromatic rings. The summed E-state index contributed by atoms with van der Waals surface area (Å²) in [4.78, 5) is 33.1. The van der Waals surface area contributed by atoms with Crippen molar-refractivity contribution in [2.75, 3.05) is 32.8 Å². The highest BCUT2D eigenvalue weighted by molar-refractivity contribution is 5.94. The number of likely N-dealkylation sites (tertiary alicyclic amines) is 2. The van der Waals surface area contributed by atoms with Gasteiger partial charge in [-0.25, -0.2) is 0 Å². The third-order valence-electron chi connectivity index (χ3n) is 6.69. The number of amides is 2. The monoisotopic (exact) mass is 403 g/mol. The summed E-state index contributed by atoms with van der Waals surface area (Å²) < 4.78 is 5.85. The smallest absolute Gasteiger partial charge is 0.253 e. The van der Waals surface area contributed by atoms with Gasteiger partial charge < -0.3 is 24.7 Å². The van der Waals surface area contributed by atoms with Crippen LogP contribution in [0.1, 0.15) is 42.5 Å². The number of rotatable bonds is 2. The maximum Gasteiger partial charge on any atom is 0.253 e. The van der Waals surface area contributed by atoms with Crippen LogP contribution < -0.4 is 0 Å². The zero-order valence-corrected chi connectivity index (χ0v) is 16.6. The molecule has 1 spiro atoms. The van der Waals surface area contributed by atoms with Gasteiger partial charge in [-0.05, 0) is 44.2 Å². The van der Waals surface area contributed by atoms with Gasteiger partial charge in [-0.2, -0.15) is 0 Å². The molecule has 4 rings (SSSR count). The van der Waals surface area contributed by atoms with Crippen molar-refractivity contribution >= 4 is 11.8 Å². The normalized spacial score (nSPS) is 27.8. The van der Waals surface area contributed by atoms with Crippen LogP contribution >= 0.6 is 0 Å². The van der Waals surface area contributed by atoms with Gasteiger partial charge in [-0.1, -0.05) is 0 Å². The van der Waals surface area contributed by atoms with E-state index in [0.717, 1.165) is 0 Å². The van der Waals surface area contributed by atoms with E-state index in [1.165, 1.54) is 0 Å². The standard InChI is InChI=1S/C21H29N3O5/c25-17-5-14-29-21(18(17)26)6-12-24(13-7-21)20(28)16-3-10-23(11-4-16)19(27)15-1-8-22-9-2-15/h1-2,8-9,16-18,25-26H,3-7,10-14H2/t17-,18-/m0/s1. The third kappa shape index (κ3) is 4.01. The summed E-state index contributed by atoms with van der Waals surface area (Å²) >= 11 is 0. The molecule has 2 N–H and O–H groups in total. The van der Waals surface area contributed by atoms with Gasteiger partial charge >= 0.3 is 0 Å². The molecule has 8 nitrogen and oxygen atoms in total. The molecular formula is C21H29N3O5. The molecule has 0 bridgehead atoms. The molecular weight excluding hydrogens is 374 g/mol. The Kier molecular flexibility index (Phi) is 5.85. The van der Waals surface area contributed by atoms with Crippen LogP contribution in [-0.2, 0) is 9.53 Å². The summed E-state index contributed by atoms with van der Waals surface area (Å²) in [5.74, 6) is 0.0373. The summed E-state index contributed by atoms with van der Waals surface area (Å²) in [5.41, 5.74) is -0.103.